The Labute approximate surface area is 173 Å². The number of thiophene rings is 1. The number of hydrogen-bond donors (Lipinski definition) is 2. The van der Waals surface area contributed by atoms with Gasteiger partial charge in [0.05, 0.1) is 11.5 Å². The van der Waals surface area contributed by atoms with Crippen LogP contribution >= 0.6 is 11.3 Å². The van der Waals surface area contributed by atoms with E-state index in [9.17, 15) is 19.2 Å². The summed E-state index contributed by atoms with van der Waals surface area (Å²) in [6, 6.07) is 0. The summed E-state index contributed by atoms with van der Waals surface area (Å²) in [5.41, 5.74) is 6.84. The number of anilines is 1. The van der Waals surface area contributed by atoms with Gasteiger partial charge in [-0.25, -0.2) is 0 Å². The first kappa shape index (κ1) is 20.1. The van der Waals surface area contributed by atoms with E-state index in [1.165, 1.54) is 18.3 Å². The van der Waals surface area contributed by atoms with Crippen LogP contribution in [0.1, 0.15) is 66.2 Å². The number of carbonyl (C=O) groups is 4. The molecule has 2 bridgehead atoms. The molecule has 29 heavy (non-hydrogen) atoms. The highest BCUT2D eigenvalue weighted by Crippen LogP contribution is 2.41. The average Bonchev–Trinajstić information content (AvgIpc) is 3.21. The Kier molecular flexibility index (Phi) is 5.46. The average molecular weight is 419 g/mol. The van der Waals surface area contributed by atoms with Crippen molar-refractivity contribution < 1.29 is 23.9 Å². The molecule has 7 nitrogen and oxygen atoms in total. The number of ketones is 1. The molecule has 0 aromatic carbocycles. The number of nitrogens with one attached hydrogen (secondary N) is 1. The van der Waals surface area contributed by atoms with Crippen molar-refractivity contribution in [3.63, 3.8) is 0 Å². The first-order chi connectivity index (χ1) is 13.8. The smallest absolute Gasteiger partial charge is 0.309 e. The van der Waals surface area contributed by atoms with E-state index in [1.807, 2.05) is 0 Å². The molecule has 0 spiro atoms. The Morgan fingerprint density at radius 2 is 1.83 bits per heavy atom. The summed E-state index contributed by atoms with van der Waals surface area (Å²) >= 11 is 1.37. The summed E-state index contributed by atoms with van der Waals surface area (Å²) < 4.78 is 5.43. The second-order valence-corrected chi connectivity index (χ2v) is 9.49. The number of hydrogen-bond acceptors (Lipinski definition) is 6. The first-order valence-electron chi connectivity index (χ1n) is 10.3. The Hall–Kier alpha value is -2.22. The van der Waals surface area contributed by atoms with Crippen LogP contribution in [0.3, 0.4) is 0 Å². The molecular weight excluding hydrogens is 392 g/mol. The van der Waals surface area contributed by atoms with E-state index in [4.69, 9.17) is 10.5 Å². The molecule has 3 aliphatic carbocycles. The van der Waals surface area contributed by atoms with Crippen LogP contribution in [0.4, 0.5) is 5.00 Å². The lowest BCUT2D eigenvalue weighted by Gasteiger charge is -2.36. The summed E-state index contributed by atoms with van der Waals surface area (Å²) in [6.07, 6.45) is 5.42. The molecule has 3 N–H and O–H groups in total. The lowest BCUT2D eigenvalue weighted by Crippen LogP contribution is -2.41. The Balaban J connectivity index is 1.38. The van der Waals surface area contributed by atoms with Crippen molar-refractivity contribution in [3.05, 3.63) is 16.0 Å². The summed E-state index contributed by atoms with van der Waals surface area (Å²) in [5, 5.41) is 3.16. The van der Waals surface area contributed by atoms with E-state index in [0.29, 0.717) is 23.4 Å². The molecular formula is C21H26N2O5S. The Bertz CT molecular complexity index is 861. The predicted octanol–water partition coefficient (Wildman–Crippen LogP) is 2.60. The zero-order valence-corrected chi connectivity index (χ0v) is 17.3. The number of esters is 1. The third-order valence-electron chi connectivity index (χ3n) is 6.45. The molecule has 1 aromatic rings. The summed E-state index contributed by atoms with van der Waals surface area (Å²) in [4.78, 5) is 50.3. The molecule has 1 unspecified atom stereocenters. The van der Waals surface area contributed by atoms with Gasteiger partial charge < -0.3 is 15.8 Å². The van der Waals surface area contributed by atoms with Gasteiger partial charge in [-0.05, 0) is 57.4 Å². The molecule has 0 aliphatic heterocycles. The molecule has 156 valence electrons. The van der Waals surface area contributed by atoms with Crippen LogP contribution in [-0.4, -0.2) is 29.7 Å². The van der Waals surface area contributed by atoms with Crippen molar-refractivity contribution in [2.45, 2.75) is 64.4 Å². The SMILES string of the molecule is C[C@@H](OC(=O)C1C[C@H]2CCC[C@@H](C1)C2=O)C(=O)Nc1sc2c(c1C(N)=O)CCC2. The number of primary amides is 1. The van der Waals surface area contributed by atoms with Gasteiger partial charge in [-0.2, -0.15) is 0 Å². The monoisotopic (exact) mass is 418 g/mol. The standard InChI is InChI=1S/C21H26N2O5S/c1-10(28-21(27)13-8-11-4-2-5-12(9-13)17(11)24)19(26)23-20-16(18(22)25)14-6-3-7-15(14)29-20/h10-13H,2-9H2,1H3,(H2,22,25)(H,23,26)/t10-,11-,12+,13?/m1/s1. The zero-order valence-electron chi connectivity index (χ0n) is 16.5. The van der Waals surface area contributed by atoms with Crippen molar-refractivity contribution in [1.29, 1.82) is 0 Å². The van der Waals surface area contributed by atoms with E-state index < -0.39 is 23.9 Å². The molecule has 8 heteroatoms. The minimum absolute atomic E-state index is 0.0455. The molecule has 2 fully saturated rings. The molecule has 1 aromatic heterocycles. The fourth-order valence-electron chi connectivity index (χ4n) is 4.96. The Morgan fingerprint density at radius 1 is 1.14 bits per heavy atom. The highest BCUT2D eigenvalue weighted by Gasteiger charge is 2.42. The minimum atomic E-state index is -0.988. The lowest BCUT2D eigenvalue weighted by molar-refractivity contribution is -0.161. The van der Waals surface area contributed by atoms with Crippen molar-refractivity contribution in [1.82, 2.24) is 0 Å². The molecule has 0 saturated heterocycles. The maximum absolute atomic E-state index is 12.6. The second kappa shape index (κ2) is 7.89. The van der Waals surface area contributed by atoms with Crippen LogP contribution in [0, 0.1) is 17.8 Å². The third kappa shape index (κ3) is 3.82. The third-order valence-corrected chi connectivity index (χ3v) is 7.66. The molecule has 4 rings (SSSR count). The van der Waals surface area contributed by atoms with Crippen LogP contribution in [0.25, 0.3) is 0 Å². The van der Waals surface area contributed by atoms with Gasteiger partial charge in [0, 0.05) is 16.7 Å². The van der Waals surface area contributed by atoms with Gasteiger partial charge in [0.1, 0.15) is 10.8 Å². The van der Waals surface area contributed by atoms with Crippen LogP contribution < -0.4 is 11.1 Å². The van der Waals surface area contributed by atoms with Gasteiger partial charge in [0.25, 0.3) is 11.8 Å². The zero-order chi connectivity index (χ0) is 20.7. The van der Waals surface area contributed by atoms with Gasteiger partial charge in [0.15, 0.2) is 6.10 Å². The van der Waals surface area contributed by atoms with E-state index >= 15 is 0 Å². The number of nitrogens with two attached hydrogens (primary N) is 1. The van der Waals surface area contributed by atoms with E-state index in [1.54, 1.807) is 0 Å². The van der Waals surface area contributed by atoms with Gasteiger partial charge >= 0.3 is 5.97 Å². The topological polar surface area (TPSA) is 116 Å². The first-order valence-corrected chi connectivity index (χ1v) is 11.2. The molecule has 0 radical (unpaired) electrons. The van der Waals surface area contributed by atoms with Crippen LogP contribution in [0.2, 0.25) is 0 Å². The lowest BCUT2D eigenvalue weighted by atomic mass is 9.67. The van der Waals surface area contributed by atoms with E-state index in [2.05, 4.69) is 5.32 Å². The fraction of sp³-hybridized carbons (Fsp3) is 0.619. The van der Waals surface area contributed by atoms with Crippen molar-refractivity contribution in [2.24, 2.45) is 23.5 Å². The van der Waals surface area contributed by atoms with Gasteiger partial charge in [-0.1, -0.05) is 6.42 Å². The number of rotatable bonds is 5. The number of amides is 2. The van der Waals surface area contributed by atoms with Crippen molar-refractivity contribution in [3.8, 4) is 0 Å². The van der Waals surface area contributed by atoms with E-state index in [-0.39, 0.29) is 23.5 Å². The number of aryl methyl sites for hydroxylation is 1. The number of carbonyl (C=O) groups excluding carboxylic acids is 4. The molecule has 2 amide bonds. The van der Waals surface area contributed by atoms with Crippen LogP contribution in [-0.2, 0) is 32.0 Å². The van der Waals surface area contributed by atoms with Crippen LogP contribution in [0.15, 0.2) is 0 Å². The predicted molar refractivity (Wildman–Crippen MR) is 108 cm³/mol. The second-order valence-electron chi connectivity index (χ2n) is 8.39. The maximum atomic E-state index is 12.6. The van der Waals surface area contributed by atoms with E-state index in [0.717, 1.165) is 49.0 Å². The number of fused-ring (bicyclic) bond motifs is 3. The van der Waals surface area contributed by atoms with Crippen molar-refractivity contribution in [2.75, 3.05) is 5.32 Å². The maximum Gasteiger partial charge on any atom is 0.309 e. The largest absolute Gasteiger partial charge is 0.452 e. The Morgan fingerprint density at radius 3 is 2.48 bits per heavy atom. The summed E-state index contributed by atoms with van der Waals surface area (Å²) in [7, 11) is 0. The molecule has 2 saturated carbocycles. The van der Waals surface area contributed by atoms with Gasteiger partial charge in [0.2, 0.25) is 0 Å². The normalized spacial score (nSPS) is 26.5. The summed E-state index contributed by atoms with van der Waals surface area (Å²) in [5.74, 6) is -1.58. The van der Waals surface area contributed by atoms with Crippen LogP contribution in [0.5, 0.6) is 0 Å². The summed E-state index contributed by atoms with van der Waals surface area (Å²) in [6.45, 7) is 1.52. The number of ether oxygens (including phenoxy) is 1. The highest BCUT2D eigenvalue weighted by molar-refractivity contribution is 7.17. The molecule has 1 heterocycles. The number of Topliss-reactive ketones (excluding diaryl/α,β-unsaturated/α-hetero) is 1. The minimum Gasteiger partial charge on any atom is -0.452 e. The fourth-order valence-corrected chi connectivity index (χ4v) is 6.26. The molecule has 3 aliphatic rings. The van der Waals surface area contributed by atoms with Gasteiger partial charge in [-0.3, -0.25) is 19.2 Å². The molecule has 4 atom stereocenters. The highest BCUT2D eigenvalue weighted by atomic mass is 32.1. The quantitative estimate of drug-likeness (QED) is 0.713. The van der Waals surface area contributed by atoms with Gasteiger partial charge in [-0.15, -0.1) is 11.3 Å². The van der Waals surface area contributed by atoms with Crippen molar-refractivity contribution >= 4 is 39.9 Å².